The second kappa shape index (κ2) is 4.96. The Morgan fingerprint density at radius 2 is 1.73 bits per heavy atom. The van der Waals surface area contributed by atoms with Crippen molar-refractivity contribution < 1.29 is 9.53 Å². The maximum absolute atomic E-state index is 11.6. The fourth-order valence-corrected chi connectivity index (χ4v) is 1.43. The fraction of sp³-hybridized carbons (Fsp3) is 0.462. The van der Waals surface area contributed by atoms with Crippen LogP contribution in [-0.2, 0) is 4.74 Å². The Balaban J connectivity index is 2.91. The van der Waals surface area contributed by atoms with Crippen LogP contribution in [0.2, 0.25) is 0 Å². The zero-order valence-corrected chi connectivity index (χ0v) is 9.89. The smallest absolute Gasteiger partial charge is 0.338 e. The molecule has 2 heteroatoms. The van der Waals surface area contributed by atoms with Gasteiger partial charge < -0.3 is 4.74 Å². The molecule has 0 saturated heterocycles. The summed E-state index contributed by atoms with van der Waals surface area (Å²) >= 11 is 0. The van der Waals surface area contributed by atoms with Gasteiger partial charge in [-0.3, -0.25) is 0 Å². The van der Waals surface area contributed by atoms with Gasteiger partial charge in [0.15, 0.2) is 0 Å². The lowest BCUT2D eigenvalue weighted by Crippen LogP contribution is -2.07. The zero-order chi connectivity index (χ0) is 11.4. The maximum Gasteiger partial charge on any atom is 0.338 e. The lowest BCUT2D eigenvalue weighted by molar-refractivity contribution is 0.0505. The summed E-state index contributed by atoms with van der Waals surface area (Å²) in [6.45, 7) is 8.56. The molecule has 0 aliphatic rings. The average Bonchev–Trinajstić information content (AvgIpc) is 2.21. The molecule has 0 aliphatic heterocycles. The van der Waals surface area contributed by atoms with E-state index in [0.717, 1.165) is 17.5 Å². The summed E-state index contributed by atoms with van der Waals surface area (Å²) in [5.41, 5.74) is 4.17. The Kier molecular flexibility index (Phi) is 3.89. The number of esters is 1. The highest BCUT2D eigenvalue weighted by Gasteiger charge is 2.09. The number of hydrogen-bond donors (Lipinski definition) is 0. The molecular formula is C13H18O2. The molecule has 1 aromatic rings. The fourth-order valence-electron chi connectivity index (χ4n) is 1.43. The molecule has 15 heavy (non-hydrogen) atoms. The van der Waals surface area contributed by atoms with E-state index in [1.807, 2.05) is 32.9 Å². The zero-order valence-electron chi connectivity index (χ0n) is 9.89. The molecule has 0 aliphatic carbocycles. The number of carbonyl (C=O) groups excluding carboxylic acids is 1. The van der Waals surface area contributed by atoms with Crippen LogP contribution in [0.1, 0.15) is 40.4 Å². The van der Waals surface area contributed by atoms with Crippen molar-refractivity contribution >= 4 is 5.97 Å². The van der Waals surface area contributed by atoms with Gasteiger partial charge in [-0.15, -0.1) is 0 Å². The Bertz CT molecular complexity index is 344. The molecule has 82 valence electrons. The lowest BCUT2D eigenvalue weighted by atomic mass is 10.0. The third-order valence-corrected chi connectivity index (χ3v) is 2.60. The number of ether oxygens (including phenoxy) is 1. The summed E-state index contributed by atoms with van der Waals surface area (Å²) in [4.78, 5) is 11.6. The minimum absolute atomic E-state index is 0.219. The first kappa shape index (κ1) is 11.8. The molecule has 0 bridgehead atoms. The topological polar surface area (TPSA) is 26.3 Å². The van der Waals surface area contributed by atoms with Crippen molar-refractivity contribution in [3.05, 3.63) is 34.4 Å². The summed E-state index contributed by atoms with van der Waals surface area (Å²) in [5, 5.41) is 0. The first-order valence-corrected chi connectivity index (χ1v) is 5.31. The van der Waals surface area contributed by atoms with E-state index in [4.69, 9.17) is 4.74 Å². The van der Waals surface area contributed by atoms with Crippen LogP contribution < -0.4 is 0 Å². The highest BCUT2D eigenvalue weighted by molar-refractivity contribution is 5.90. The average molecular weight is 206 g/mol. The van der Waals surface area contributed by atoms with Gasteiger partial charge in [-0.2, -0.15) is 0 Å². The lowest BCUT2D eigenvalue weighted by Gasteiger charge is -2.08. The van der Waals surface area contributed by atoms with E-state index in [0.29, 0.717) is 12.2 Å². The minimum Gasteiger partial charge on any atom is -0.462 e. The van der Waals surface area contributed by atoms with Crippen LogP contribution in [-0.4, -0.2) is 12.6 Å². The predicted molar refractivity (Wildman–Crippen MR) is 61.2 cm³/mol. The molecule has 0 radical (unpaired) electrons. The van der Waals surface area contributed by atoms with Crippen LogP contribution >= 0.6 is 0 Å². The quantitative estimate of drug-likeness (QED) is 0.710. The monoisotopic (exact) mass is 206 g/mol. The molecule has 0 aromatic heterocycles. The molecule has 1 aromatic carbocycles. The van der Waals surface area contributed by atoms with Crippen molar-refractivity contribution in [2.24, 2.45) is 0 Å². The number of carbonyl (C=O) groups is 1. The Morgan fingerprint density at radius 1 is 1.20 bits per heavy atom. The summed E-state index contributed by atoms with van der Waals surface area (Å²) < 4.78 is 5.09. The molecule has 0 fully saturated rings. The number of aryl methyl sites for hydroxylation is 2. The van der Waals surface area contributed by atoms with Gasteiger partial charge in [0.25, 0.3) is 0 Å². The highest BCUT2D eigenvalue weighted by Crippen LogP contribution is 2.16. The maximum atomic E-state index is 11.6. The van der Waals surface area contributed by atoms with Crippen LogP contribution in [0.4, 0.5) is 0 Å². The van der Waals surface area contributed by atoms with Crippen molar-refractivity contribution in [2.45, 2.75) is 34.1 Å². The third-order valence-electron chi connectivity index (χ3n) is 2.60. The first-order chi connectivity index (χ1) is 7.06. The Morgan fingerprint density at radius 3 is 2.20 bits per heavy atom. The molecule has 1 rings (SSSR count). The van der Waals surface area contributed by atoms with Gasteiger partial charge in [0.1, 0.15) is 0 Å². The molecule has 0 heterocycles. The molecule has 0 unspecified atom stereocenters. The summed E-state index contributed by atoms with van der Waals surface area (Å²) in [6, 6.07) is 3.78. The summed E-state index contributed by atoms with van der Waals surface area (Å²) in [5.74, 6) is -0.219. The van der Waals surface area contributed by atoms with Crippen molar-refractivity contribution in [1.29, 1.82) is 0 Å². The van der Waals surface area contributed by atoms with Crippen molar-refractivity contribution in [2.75, 3.05) is 6.61 Å². The van der Waals surface area contributed by atoms with Crippen molar-refractivity contribution in [1.82, 2.24) is 0 Å². The highest BCUT2D eigenvalue weighted by atomic mass is 16.5. The van der Waals surface area contributed by atoms with E-state index in [1.165, 1.54) is 5.56 Å². The second-order valence-electron chi connectivity index (χ2n) is 3.87. The van der Waals surface area contributed by atoms with Gasteiger partial charge in [-0.1, -0.05) is 6.92 Å². The molecule has 0 atom stereocenters. The molecule has 0 amide bonds. The Labute approximate surface area is 91.3 Å². The predicted octanol–water partition coefficient (Wildman–Crippen LogP) is 3.18. The summed E-state index contributed by atoms with van der Waals surface area (Å²) in [6.07, 6.45) is 0.857. The Hall–Kier alpha value is -1.31. The van der Waals surface area contributed by atoms with Gasteiger partial charge in [0.2, 0.25) is 0 Å². The van der Waals surface area contributed by atoms with E-state index in [2.05, 4.69) is 6.92 Å². The van der Waals surface area contributed by atoms with Gasteiger partial charge in [0, 0.05) is 0 Å². The molecule has 0 saturated carbocycles. The van der Waals surface area contributed by atoms with E-state index in [-0.39, 0.29) is 5.97 Å². The molecule has 0 N–H and O–H groups in total. The van der Waals surface area contributed by atoms with Crippen LogP contribution in [0.5, 0.6) is 0 Å². The summed E-state index contributed by atoms with van der Waals surface area (Å²) in [7, 11) is 0. The van der Waals surface area contributed by atoms with E-state index in [1.54, 1.807) is 0 Å². The molecular weight excluding hydrogens is 188 g/mol. The van der Waals surface area contributed by atoms with Gasteiger partial charge in [0.05, 0.1) is 12.2 Å². The van der Waals surface area contributed by atoms with Crippen LogP contribution in [0.3, 0.4) is 0 Å². The minimum atomic E-state index is -0.219. The third kappa shape index (κ3) is 2.82. The second-order valence-corrected chi connectivity index (χ2v) is 3.87. The van der Waals surface area contributed by atoms with Crippen molar-refractivity contribution in [3.63, 3.8) is 0 Å². The number of benzene rings is 1. The molecule has 2 nitrogen and oxygen atoms in total. The van der Waals surface area contributed by atoms with E-state index < -0.39 is 0 Å². The number of hydrogen-bond acceptors (Lipinski definition) is 2. The van der Waals surface area contributed by atoms with Crippen LogP contribution in [0.15, 0.2) is 12.1 Å². The van der Waals surface area contributed by atoms with Crippen LogP contribution in [0, 0.1) is 20.8 Å². The SMILES string of the molecule is CCCOC(=O)c1cc(C)c(C)c(C)c1. The van der Waals surface area contributed by atoms with Crippen LogP contribution in [0.25, 0.3) is 0 Å². The van der Waals surface area contributed by atoms with Gasteiger partial charge in [-0.05, 0) is 56.0 Å². The van der Waals surface area contributed by atoms with E-state index in [9.17, 15) is 4.79 Å². The van der Waals surface area contributed by atoms with Gasteiger partial charge in [-0.25, -0.2) is 4.79 Å². The largest absolute Gasteiger partial charge is 0.462 e. The standard InChI is InChI=1S/C13H18O2/c1-5-6-15-13(14)12-7-9(2)11(4)10(3)8-12/h7-8H,5-6H2,1-4H3. The van der Waals surface area contributed by atoms with Crippen molar-refractivity contribution in [3.8, 4) is 0 Å². The molecule has 0 spiro atoms. The van der Waals surface area contributed by atoms with Gasteiger partial charge >= 0.3 is 5.97 Å². The number of rotatable bonds is 3. The van der Waals surface area contributed by atoms with E-state index >= 15 is 0 Å². The normalized spacial score (nSPS) is 10.1. The first-order valence-electron chi connectivity index (χ1n) is 5.31.